The number of rotatable bonds is 2. The Labute approximate surface area is 109 Å². The zero-order valence-corrected chi connectivity index (χ0v) is 10.2. The summed E-state index contributed by atoms with van der Waals surface area (Å²) >= 11 is 0. The van der Waals surface area contributed by atoms with Gasteiger partial charge in [-0.2, -0.15) is 5.10 Å². The van der Waals surface area contributed by atoms with Gasteiger partial charge in [-0.25, -0.2) is 14.3 Å². The molecular formula is C14H11N3O2. The predicted molar refractivity (Wildman–Crippen MR) is 70.1 cm³/mol. The molecule has 5 heteroatoms. The number of imidazole rings is 1. The summed E-state index contributed by atoms with van der Waals surface area (Å²) in [6.07, 6.45) is 3.20. The first-order valence-corrected chi connectivity index (χ1v) is 5.80. The van der Waals surface area contributed by atoms with Crippen LogP contribution in [0.15, 0.2) is 42.7 Å². The molecule has 0 fully saturated rings. The van der Waals surface area contributed by atoms with E-state index in [2.05, 4.69) is 10.1 Å². The molecular weight excluding hydrogens is 242 g/mol. The maximum Gasteiger partial charge on any atom is 0.339 e. The van der Waals surface area contributed by atoms with Crippen LogP contribution in [0.1, 0.15) is 15.9 Å². The van der Waals surface area contributed by atoms with Crippen molar-refractivity contribution in [2.45, 2.75) is 6.92 Å². The van der Waals surface area contributed by atoms with Crippen LogP contribution in [0.2, 0.25) is 0 Å². The standard InChI is InChI=1S/C14H11N3O2/c1-9-4-2-3-5-10(9)12-8-17-13(16-12)11(14(18)19)6-7-15-17/h2-8H,1H3,(H,18,19). The SMILES string of the molecule is Cc1ccccc1-c1cn2nccc(C(=O)O)c2n1. The van der Waals surface area contributed by atoms with Crippen LogP contribution >= 0.6 is 0 Å². The summed E-state index contributed by atoms with van der Waals surface area (Å²) in [5.41, 5.74) is 3.29. The maximum atomic E-state index is 11.1. The van der Waals surface area contributed by atoms with Crippen LogP contribution in [0.25, 0.3) is 16.9 Å². The maximum absolute atomic E-state index is 11.1. The van der Waals surface area contributed by atoms with Gasteiger partial charge in [0, 0.05) is 11.8 Å². The number of aryl methyl sites for hydroxylation is 1. The fraction of sp³-hybridized carbons (Fsp3) is 0.0714. The van der Waals surface area contributed by atoms with Gasteiger partial charge in [0.1, 0.15) is 5.56 Å². The molecule has 2 heterocycles. The van der Waals surface area contributed by atoms with E-state index in [0.29, 0.717) is 5.65 Å². The number of carboxylic acid groups (broad SMARTS) is 1. The molecule has 0 spiro atoms. The van der Waals surface area contributed by atoms with E-state index in [9.17, 15) is 4.79 Å². The fourth-order valence-electron chi connectivity index (χ4n) is 2.05. The van der Waals surface area contributed by atoms with E-state index in [1.807, 2.05) is 31.2 Å². The third-order valence-electron chi connectivity index (χ3n) is 3.01. The Balaban J connectivity index is 2.26. The number of nitrogens with zero attached hydrogens (tertiary/aromatic N) is 3. The largest absolute Gasteiger partial charge is 0.478 e. The molecule has 0 aliphatic carbocycles. The summed E-state index contributed by atoms with van der Waals surface area (Å²) in [5, 5.41) is 13.2. The van der Waals surface area contributed by atoms with Crippen molar-refractivity contribution in [1.29, 1.82) is 0 Å². The summed E-state index contributed by atoms with van der Waals surface area (Å²) < 4.78 is 1.49. The smallest absolute Gasteiger partial charge is 0.339 e. The summed E-state index contributed by atoms with van der Waals surface area (Å²) in [7, 11) is 0. The van der Waals surface area contributed by atoms with Crippen molar-refractivity contribution in [2.24, 2.45) is 0 Å². The second kappa shape index (κ2) is 4.20. The van der Waals surface area contributed by atoms with E-state index < -0.39 is 5.97 Å². The monoisotopic (exact) mass is 253 g/mol. The molecule has 0 saturated carbocycles. The molecule has 1 aromatic carbocycles. The number of fused-ring (bicyclic) bond motifs is 1. The zero-order valence-electron chi connectivity index (χ0n) is 10.2. The first kappa shape index (κ1) is 11.4. The van der Waals surface area contributed by atoms with Gasteiger partial charge in [-0.05, 0) is 18.6 Å². The second-order valence-corrected chi connectivity index (χ2v) is 4.26. The van der Waals surface area contributed by atoms with Crippen molar-refractivity contribution >= 4 is 11.6 Å². The second-order valence-electron chi connectivity index (χ2n) is 4.26. The number of hydrogen-bond donors (Lipinski definition) is 1. The van der Waals surface area contributed by atoms with E-state index in [1.54, 1.807) is 6.20 Å². The van der Waals surface area contributed by atoms with Crippen LogP contribution in [0.5, 0.6) is 0 Å². The first-order chi connectivity index (χ1) is 9.16. The van der Waals surface area contributed by atoms with E-state index in [0.717, 1.165) is 16.8 Å². The molecule has 0 amide bonds. The third kappa shape index (κ3) is 1.85. The molecule has 5 nitrogen and oxygen atoms in total. The van der Waals surface area contributed by atoms with Gasteiger partial charge < -0.3 is 5.11 Å². The number of carboxylic acids is 1. The van der Waals surface area contributed by atoms with E-state index in [4.69, 9.17) is 5.11 Å². The van der Waals surface area contributed by atoms with Crippen LogP contribution in [0, 0.1) is 6.92 Å². The quantitative estimate of drug-likeness (QED) is 0.761. The highest BCUT2D eigenvalue weighted by Gasteiger charge is 2.14. The minimum atomic E-state index is -1.01. The molecule has 1 N–H and O–H groups in total. The van der Waals surface area contributed by atoms with Crippen molar-refractivity contribution in [1.82, 2.24) is 14.6 Å². The topological polar surface area (TPSA) is 67.5 Å². The lowest BCUT2D eigenvalue weighted by Gasteiger charge is -1.99. The van der Waals surface area contributed by atoms with E-state index in [1.165, 1.54) is 16.8 Å². The third-order valence-corrected chi connectivity index (χ3v) is 3.01. The molecule has 0 atom stereocenters. The Morgan fingerprint density at radius 3 is 2.79 bits per heavy atom. The van der Waals surface area contributed by atoms with Crippen molar-refractivity contribution in [3.8, 4) is 11.3 Å². The summed E-state index contributed by atoms with van der Waals surface area (Å²) in [6, 6.07) is 9.28. The van der Waals surface area contributed by atoms with Gasteiger partial charge >= 0.3 is 5.97 Å². The molecule has 0 radical (unpaired) electrons. The van der Waals surface area contributed by atoms with Gasteiger partial charge in [0.2, 0.25) is 0 Å². The summed E-state index contributed by atoms with van der Waals surface area (Å²) in [4.78, 5) is 15.5. The molecule has 0 aliphatic heterocycles. The highest BCUT2D eigenvalue weighted by molar-refractivity contribution is 5.94. The summed E-state index contributed by atoms with van der Waals surface area (Å²) in [5.74, 6) is -1.01. The normalized spacial score (nSPS) is 10.8. The lowest BCUT2D eigenvalue weighted by molar-refractivity contribution is 0.0698. The zero-order chi connectivity index (χ0) is 13.4. The number of benzene rings is 1. The number of aromatic nitrogens is 3. The molecule has 2 aromatic heterocycles. The Bertz CT molecular complexity index is 777. The number of hydrogen-bond acceptors (Lipinski definition) is 3. The van der Waals surface area contributed by atoms with Crippen molar-refractivity contribution in [3.63, 3.8) is 0 Å². The molecule has 0 saturated heterocycles. The van der Waals surface area contributed by atoms with Crippen LogP contribution in [0.3, 0.4) is 0 Å². The highest BCUT2D eigenvalue weighted by Crippen LogP contribution is 2.23. The van der Waals surface area contributed by atoms with Gasteiger partial charge in [0.15, 0.2) is 5.65 Å². The molecule has 19 heavy (non-hydrogen) atoms. The molecule has 0 unspecified atom stereocenters. The van der Waals surface area contributed by atoms with Gasteiger partial charge in [-0.15, -0.1) is 0 Å². The Morgan fingerprint density at radius 1 is 1.26 bits per heavy atom. The van der Waals surface area contributed by atoms with Crippen molar-refractivity contribution in [3.05, 3.63) is 53.9 Å². The van der Waals surface area contributed by atoms with Gasteiger partial charge in [0.25, 0.3) is 0 Å². The Hall–Kier alpha value is -2.69. The van der Waals surface area contributed by atoms with Gasteiger partial charge in [-0.3, -0.25) is 0 Å². The van der Waals surface area contributed by atoms with Gasteiger partial charge in [0.05, 0.1) is 11.9 Å². The summed E-state index contributed by atoms with van der Waals surface area (Å²) in [6.45, 7) is 1.99. The van der Waals surface area contributed by atoms with Crippen LogP contribution in [-0.4, -0.2) is 25.7 Å². The van der Waals surface area contributed by atoms with Crippen molar-refractivity contribution in [2.75, 3.05) is 0 Å². The van der Waals surface area contributed by atoms with Crippen molar-refractivity contribution < 1.29 is 9.90 Å². The molecule has 3 aromatic rings. The van der Waals surface area contributed by atoms with E-state index >= 15 is 0 Å². The molecule has 94 valence electrons. The van der Waals surface area contributed by atoms with Crippen LogP contribution in [-0.2, 0) is 0 Å². The van der Waals surface area contributed by atoms with Gasteiger partial charge in [-0.1, -0.05) is 24.3 Å². The molecule has 0 aliphatic rings. The van der Waals surface area contributed by atoms with E-state index in [-0.39, 0.29) is 5.56 Å². The fourth-order valence-corrected chi connectivity index (χ4v) is 2.05. The number of carbonyl (C=O) groups is 1. The first-order valence-electron chi connectivity index (χ1n) is 5.80. The lowest BCUT2D eigenvalue weighted by Crippen LogP contribution is -2.01. The predicted octanol–water partition coefficient (Wildman–Crippen LogP) is 2.40. The molecule has 0 bridgehead atoms. The average molecular weight is 253 g/mol. The van der Waals surface area contributed by atoms with Crippen LogP contribution in [0.4, 0.5) is 0 Å². The average Bonchev–Trinajstić information content (AvgIpc) is 2.82. The number of aromatic carboxylic acids is 1. The Kier molecular flexibility index (Phi) is 2.52. The van der Waals surface area contributed by atoms with Crippen LogP contribution < -0.4 is 0 Å². The minimum absolute atomic E-state index is 0.148. The lowest BCUT2D eigenvalue weighted by atomic mass is 10.1. The molecule has 3 rings (SSSR count). The Morgan fingerprint density at radius 2 is 2.05 bits per heavy atom. The minimum Gasteiger partial charge on any atom is -0.478 e. The highest BCUT2D eigenvalue weighted by atomic mass is 16.4.